The average Bonchev–Trinajstić information content (AvgIpc) is 2.84. The zero-order valence-electron chi connectivity index (χ0n) is 25.7. The number of hydrogen-bond donors (Lipinski definition) is 2. The molecule has 0 heterocycles. The number of ether oxygens (including phenoxy) is 1. The van der Waals surface area contributed by atoms with Crippen molar-refractivity contribution in [3.8, 4) is 0 Å². The number of alkyl carbamates (subject to hydrolysis) is 1. The number of carbonyl (C=O) groups is 3. The van der Waals surface area contributed by atoms with E-state index in [0.717, 1.165) is 61.6 Å². The molecule has 39 heavy (non-hydrogen) atoms. The van der Waals surface area contributed by atoms with Gasteiger partial charge in [0.25, 0.3) is 0 Å². The van der Waals surface area contributed by atoms with E-state index < -0.39 is 23.8 Å². The van der Waals surface area contributed by atoms with Gasteiger partial charge >= 0.3 is 6.09 Å². The second-order valence-electron chi connectivity index (χ2n) is 12.6. The fourth-order valence-electron chi connectivity index (χ4n) is 5.29. The van der Waals surface area contributed by atoms with Gasteiger partial charge < -0.3 is 20.3 Å². The van der Waals surface area contributed by atoms with Crippen LogP contribution in [0, 0.1) is 19.8 Å². The van der Waals surface area contributed by atoms with E-state index in [2.05, 4.69) is 17.6 Å². The van der Waals surface area contributed by atoms with Gasteiger partial charge in [-0.1, -0.05) is 71.1 Å². The number of aryl methyl sites for hydroxylation is 1. The molecule has 0 saturated heterocycles. The van der Waals surface area contributed by atoms with E-state index in [0.29, 0.717) is 13.0 Å². The lowest BCUT2D eigenvalue weighted by molar-refractivity contribution is -0.143. The number of nitrogens with one attached hydrogen (secondary N) is 2. The number of benzene rings is 1. The number of nitrogens with zero attached hydrogens (tertiary/aromatic N) is 1. The minimum atomic E-state index is -0.795. The van der Waals surface area contributed by atoms with Crippen LogP contribution < -0.4 is 10.6 Å². The molecule has 1 aliphatic carbocycles. The highest BCUT2D eigenvalue weighted by atomic mass is 16.6. The van der Waals surface area contributed by atoms with Crippen molar-refractivity contribution in [3.63, 3.8) is 0 Å². The number of rotatable bonds is 12. The van der Waals surface area contributed by atoms with Crippen LogP contribution in [0.1, 0.15) is 122 Å². The predicted molar refractivity (Wildman–Crippen MR) is 158 cm³/mol. The van der Waals surface area contributed by atoms with Crippen LogP contribution >= 0.6 is 0 Å². The molecule has 1 aromatic carbocycles. The van der Waals surface area contributed by atoms with Gasteiger partial charge in [-0.3, -0.25) is 9.59 Å². The summed E-state index contributed by atoms with van der Waals surface area (Å²) in [6.45, 7) is 16.1. The number of amides is 3. The SMILES string of the molecule is CCCCCN(C(=O)C(CC(C)C)NC(=O)OC(C)(C)C)C(C(=O)NC1CCCCC1)c1cccc(C)c1C. The summed E-state index contributed by atoms with van der Waals surface area (Å²) in [5, 5.41) is 6.14. The molecule has 0 bridgehead atoms. The molecule has 7 heteroatoms. The van der Waals surface area contributed by atoms with Crippen molar-refractivity contribution in [1.82, 2.24) is 15.5 Å². The monoisotopic (exact) mass is 543 g/mol. The summed E-state index contributed by atoms with van der Waals surface area (Å²) in [6, 6.07) is 4.51. The Morgan fingerprint density at radius 2 is 1.72 bits per heavy atom. The van der Waals surface area contributed by atoms with E-state index in [-0.39, 0.29) is 23.8 Å². The van der Waals surface area contributed by atoms with Crippen LogP contribution in [-0.4, -0.2) is 47.0 Å². The van der Waals surface area contributed by atoms with E-state index in [9.17, 15) is 14.4 Å². The zero-order valence-corrected chi connectivity index (χ0v) is 25.7. The van der Waals surface area contributed by atoms with Gasteiger partial charge in [-0.15, -0.1) is 0 Å². The second-order valence-corrected chi connectivity index (χ2v) is 12.6. The smallest absolute Gasteiger partial charge is 0.408 e. The van der Waals surface area contributed by atoms with Crippen LogP contribution in [0.3, 0.4) is 0 Å². The summed E-state index contributed by atoms with van der Waals surface area (Å²) in [5.74, 6) is -0.224. The van der Waals surface area contributed by atoms with Crippen LogP contribution in [-0.2, 0) is 14.3 Å². The minimum Gasteiger partial charge on any atom is -0.444 e. The van der Waals surface area contributed by atoms with Gasteiger partial charge in [-0.25, -0.2) is 4.79 Å². The van der Waals surface area contributed by atoms with Gasteiger partial charge in [0.05, 0.1) is 0 Å². The number of unbranched alkanes of at least 4 members (excludes halogenated alkanes) is 2. The molecule has 220 valence electrons. The molecule has 0 aromatic heterocycles. The van der Waals surface area contributed by atoms with Crippen molar-refractivity contribution in [3.05, 3.63) is 34.9 Å². The molecule has 2 atom stereocenters. The Hall–Kier alpha value is -2.57. The van der Waals surface area contributed by atoms with Crippen molar-refractivity contribution >= 4 is 17.9 Å². The Kier molecular flexibility index (Phi) is 12.8. The third kappa shape index (κ3) is 10.5. The average molecular weight is 544 g/mol. The normalized spacial score (nSPS) is 15.9. The van der Waals surface area contributed by atoms with Crippen molar-refractivity contribution in [2.45, 2.75) is 137 Å². The summed E-state index contributed by atoms with van der Waals surface area (Å²) in [7, 11) is 0. The molecule has 7 nitrogen and oxygen atoms in total. The van der Waals surface area contributed by atoms with Gasteiger partial charge in [0.15, 0.2) is 0 Å². The first-order chi connectivity index (χ1) is 18.3. The van der Waals surface area contributed by atoms with E-state index in [4.69, 9.17) is 4.74 Å². The predicted octanol–water partition coefficient (Wildman–Crippen LogP) is 6.75. The van der Waals surface area contributed by atoms with E-state index in [1.165, 1.54) is 6.42 Å². The van der Waals surface area contributed by atoms with Crippen molar-refractivity contribution in [1.29, 1.82) is 0 Å². The molecule has 2 rings (SSSR count). The summed E-state index contributed by atoms with van der Waals surface area (Å²) in [5.41, 5.74) is 2.25. The molecule has 1 fully saturated rings. The number of carbonyl (C=O) groups excluding carboxylic acids is 3. The van der Waals surface area contributed by atoms with E-state index in [1.807, 2.05) is 45.9 Å². The highest BCUT2D eigenvalue weighted by Gasteiger charge is 2.37. The lowest BCUT2D eigenvalue weighted by Gasteiger charge is -2.37. The van der Waals surface area contributed by atoms with Crippen molar-refractivity contribution in [2.24, 2.45) is 5.92 Å². The first kappa shape index (κ1) is 32.6. The maximum absolute atomic E-state index is 14.4. The third-order valence-corrected chi connectivity index (χ3v) is 7.43. The Balaban J connectivity index is 2.52. The van der Waals surface area contributed by atoms with Crippen LogP contribution in [0.5, 0.6) is 0 Å². The minimum absolute atomic E-state index is 0.123. The Labute approximate surface area is 236 Å². The molecule has 1 saturated carbocycles. The summed E-state index contributed by atoms with van der Waals surface area (Å²) < 4.78 is 5.51. The zero-order chi connectivity index (χ0) is 29.2. The quantitative estimate of drug-likeness (QED) is 0.285. The topological polar surface area (TPSA) is 87.7 Å². The van der Waals surface area contributed by atoms with Crippen molar-refractivity contribution in [2.75, 3.05) is 6.54 Å². The fourth-order valence-corrected chi connectivity index (χ4v) is 5.29. The maximum Gasteiger partial charge on any atom is 0.408 e. The van der Waals surface area contributed by atoms with Crippen molar-refractivity contribution < 1.29 is 19.1 Å². The fraction of sp³-hybridized carbons (Fsp3) is 0.719. The van der Waals surface area contributed by atoms with Gasteiger partial charge in [0.2, 0.25) is 11.8 Å². The van der Waals surface area contributed by atoms with E-state index >= 15 is 0 Å². The van der Waals surface area contributed by atoms with Crippen LogP contribution in [0.2, 0.25) is 0 Å². The molecule has 1 aromatic rings. The lowest BCUT2D eigenvalue weighted by atomic mass is 9.92. The van der Waals surface area contributed by atoms with Crippen LogP contribution in [0.15, 0.2) is 18.2 Å². The van der Waals surface area contributed by atoms with Crippen LogP contribution in [0.25, 0.3) is 0 Å². The summed E-state index contributed by atoms with van der Waals surface area (Å²) in [6.07, 6.45) is 7.89. The molecular weight excluding hydrogens is 490 g/mol. The lowest BCUT2D eigenvalue weighted by Crippen LogP contribution is -2.54. The molecule has 0 spiro atoms. The molecule has 2 unspecified atom stereocenters. The molecular formula is C32H53N3O4. The molecule has 2 N–H and O–H groups in total. The van der Waals surface area contributed by atoms with E-state index in [1.54, 1.807) is 25.7 Å². The molecule has 3 amide bonds. The second kappa shape index (κ2) is 15.3. The molecule has 1 aliphatic rings. The third-order valence-electron chi connectivity index (χ3n) is 7.43. The van der Waals surface area contributed by atoms with Gasteiger partial charge in [-0.05, 0) is 82.9 Å². The summed E-state index contributed by atoms with van der Waals surface area (Å²) in [4.78, 5) is 43.0. The maximum atomic E-state index is 14.4. The van der Waals surface area contributed by atoms with Gasteiger partial charge in [0.1, 0.15) is 17.7 Å². The Bertz CT molecular complexity index is 947. The highest BCUT2D eigenvalue weighted by molar-refractivity contribution is 5.92. The first-order valence-electron chi connectivity index (χ1n) is 15.0. The Morgan fingerprint density at radius 1 is 1.05 bits per heavy atom. The summed E-state index contributed by atoms with van der Waals surface area (Å²) >= 11 is 0. The largest absolute Gasteiger partial charge is 0.444 e. The molecule has 0 radical (unpaired) electrons. The van der Waals surface area contributed by atoms with Gasteiger partial charge in [-0.2, -0.15) is 0 Å². The molecule has 0 aliphatic heterocycles. The van der Waals surface area contributed by atoms with Crippen LogP contribution in [0.4, 0.5) is 4.79 Å². The first-order valence-corrected chi connectivity index (χ1v) is 15.0. The Morgan fingerprint density at radius 3 is 2.31 bits per heavy atom. The highest BCUT2D eigenvalue weighted by Crippen LogP contribution is 2.29. The van der Waals surface area contributed by atoms with Gasteiger partial charge in [0, 0.05) is 12.6 Å². The number of hydrogen-bond acceptors (Lipinski definition) is 4. The standard InChI is InChI=1S/C32H53N3O4/c1-9-10-14-20-35(30(37)27(21-22(2)3)34-31(38)39-32(6,7)8)28(26-19-15-16-23(4)24(26)5)29(36)33-25-17-12-11-13-18-25/h15-16,19,22,25,27-28H,9-14,17-18,20-21H2,1-8H3,(H,33,36)(H,34,38).